The molecule has 3 aromatic heterocycles. The zero-order valence-corrected chi connectivity index (χ0v) is 22.0. The van der Waals surface area contributed by atoms with Gasteiger partial charge in [-0.25, -0.2) is 0 Å². The third-order valence-corrected chi connectivity index (χ3v) is 8.67. The van der Waals surface area contributed by atoms with Crippen molar-refractivity contribution in [2.75, 3.05) is 0 Å². The van der Waals surface area contributed by atoms with E-state index in [1.54, 1.807) is 34.8 Å². The van der Waals surface area contributed by atoms with E-state index in [4.69, 9.17) is 21.0 Å². The Kier molecular flexibility index (Phi) is 6.90. The first-order valence-electron chi connectivity index (χ1n) is 11.9. The minimum absolute atomic E-state index is 0.0873. The summed E-state index contributed by atoms with van der Waals surface area (Å²) < 4.78 is 4.94. The van der Waals surface area contributed by atoms with E-state index in [2.05, 4.69) is 23.6 Å². The summed E-state index contributed by atoms with van der Waals surface area (Å²) in [7, 11) is 0. The van der Waals surface area contributed by atoms with Gasteiger partial charge in [0.05, 0.1) is 20.4 Å². The average molecular weight is 526 g/mol. The largest absolute Gasteiger partial charge is 0.339 e. The highest BCUT2D eigenvalue weighted by atomic mass is 32.1. The summed E-state index contributed by atoms with van der Waals surface area (Å²) in [5.41, 5.74) is 6.50. The molecule has 0 unspecified atom stereocenters. The van der Waals surface area contributed by atoms with Crippen molar-refractivity contribution < 1.29 is 0 Å². The van der Waals surface area contributed by atoms with Gasteiger partial charge < -0.3 is 4.57 Å². The Hall–Kier alpha value is -4.92. The van der Waals surface area contributed by atoms with Crippen LogP contribution in [-0.4, -0.2) is 4.57 Å². The molecule has 0 bridgehead atoms. The van der Waals surface area contributed by atoms with Crippen LogP contribution in [0.25, 0.3) is 53.5 Å². The van der Waals surface area contributed by atoms with Gasteiger partial charge in [-0.15, -0.1) is 22.7 Å². The molecule has 180 valence electrons. The van der Waals surface area contributed by atoms with Gasteiger partial charge in [0.15, 0.2) is 0 Å². The van der Waals surface area contributed by atoms with E-state index in [1.165, 1.54) is 30.2 Å². The summed E-state index contributed by atoms with van der Waals surface area (Å²) >= 11 is 3.56. The molecule has 5 rings (SSSR count). The third-order valence-electron chi connectivity index (χ3n) is 6.15. The molecule has 7 heteroatoms. The molecule has 0 atom stereocenters. The number of allylic oxidation sites excluding steroid dienone is 2. The molecule has 0 fully saturated rings. The summed E-state index contributed by atoms with van der Waals surface area (Å²) in [4.78, 5) is 2.35. The van der Waals surface area contributed by atoms with Gasteiger partial charge >= 0.3 is 0 Å². The molecule has 2 aromatic carbocycles. The van der Waals surface area contributed by atoms with Crippen molar-refractivity contribution in [3.63, 3.8) is 0 Å². The molecule has 38 heavy (non-hydrogen) atoms. The Bertz CT molecular complexity index is 1730. The van der Waals surface area contributed by atoms with Crippen LogP contribution >= 0.6 is 22.7 Å². The molecule has 0 aliphatic carbocycles. The first-order chi connectivity index (χ1) is 18.6. The van der Waals surface area contributed by atoms with Gasteiger partial charge in [-0.05, 0) is 53.0 Å². The third kappa shape index (κ3) is 4.61. The maximum atomic E-state index is 9.01. The van der Waals surface area contributed by atoms with Gasteiger partial charge in [0.25, 0.3) is 0 Å². The topological polar surface area (TPSA) is 100 Å². The van der Waals surface area contributed by atoms with Crippen molar-refractivity contribution >= 4 is 55.3 Å². The van der Waals surface area contributed by atoms with Crippen molar-refractivity contribution in [2.24, 2.45) is 0 Å². The minimum Gasteiger partial charge on any atom is -0.339 e. The van der Waals surface area contributed by atoms with Gasteiger partial charge in [0, 0.05) is 16.3 Å². The summed E-state index contributed by atoms with van der Waals surface area (Å²) in [6.45, 7) is 3.11. The van der Waals surface area contributed by atoms with E-state index in [9.17, 15) is 0 Å². The van der Waals surface area contributed by atoms with Crippen LogP contribution in [0, 0.1) is 45.3 Å². The molecule has 0 aliphatic heterocycles. The fourth-order valence-corrected chi connectivity index (χ4v) is 6.85. The van der Waals surface area contributed by atoms with Crippen LogP contribution in [-0.2, 0) is 6.54 Å². The van der Waals surface area contributed by atoms with Crippen LogP contribution in [0.3, 0.4) is 0 Å². The van der Waals surface area contributed by atoms with E-state index in [-0.39, 0.29) is 11.1 Å². The Morgan fingerprint density at radius 2 is 1.08 bits per heavy atom. The molecule has 0 saturated heterocycles. The van der Waals surface area contributed by atoms with E-state index >= 15 is 0 Å². The average Bonchev–Trinajstić information content (AvgIpc) is 3.64. The highest BCUT2D eigenvalue weighted by molar-refractivity contribution is 7.30. The van der Waals surface area contributed by atoms with Crippen LogP contribution in [0.1, 0.15) is 24.5 Å². The standard InChI is InChI=1S/C31H19N5S2/c1-2-11-36-26-14-28(24-7-3-20(4-8-24)12-22(16-32)17-33)37-30(26)31-27(36)15-29(38-31)25-9-5-21(6-10-25)13-23(18-34)19-35/h3-10,12-15H,2,11H2,1H3. The second kappa shape index (κ2) is 10.6. The number of nitrogens with zero attached hydrogens (tertiary/aromatic N) is 5. The van der Waals surface area contributed by atoms with Crippen molar-refractivity contribution in [2.45, 2.75) is 19.9 Å². The van der Waals surface area contributed by atoms with E-state index in [1.807, 2.05) is 72.8 Å². The zero-order valence-electron chi connectivity index (χ0n) is 20.4. The van der Waals surface area contributed by atoms with E-state index in [0.717, 1.165) is 35.2 Å². The predicted octanol–water partition coefficient (Wildman–Crippen LogP) is 8.52. The highest BCUT2D eigenvalue weighted by Crippen LogP contribution is 2.45. The summed E-state index contributed by atoms with van der Waals surface area (Å²) in [6.07, 6.45) is 4.21. The Labute approximate surface area is 228 Å². The van der Waals surface area contributed by atoms with E-state index < -0.39 is 0 Å². The van der Waals surface area contributed by atoms with Gasteiger partial charge in [-0.3, -0.25) is 0 Å². The lowest BCUT2D eigenvalue weighted by atomic mass is 10.1. The quantitative estimate of drug-likeness (QED) is 0.207. The first kappa shape index (κ1) is 24.8. The van der Waals surface area contributed by atoms with Crippen molar-refractivity contribution in [3.05, 3.63) is 82.9 Å². The second-order valence-electron chi connectivity index (χ2n) is 8.61. The fourth-order valence-electron chi connectivity index (χ4n) is 4.37. The fraction of sp³-hybridized carbons (Fsp3) is 0.0968. The smallest absolute Gasteiger partial charge is 0.130 e. The lowest BCUT2D eigenvalue weighted by Gasteiger charge is -2.03. The van der Waals surface area contributed by atoms with Gasteiger partial charge in [-0.1, -0.05) is 55.5 Å². The lowest BCUT2D eigenvalue weighted by Crippen LogP contribution is -1.94. The molecule has 0 N–H and O–H groups in total. The second-order valence-corrected chi connectivity index (χ2v) is 10.7. The maximum Gasteiger partial charge on any atom is 0.130 e. The predicted molar refractivity (Wildman–Crippen MR) is 155 cm³/mol. The lowest BCUT2D eigenvalue weighted by molar-refractivity contribution is 0.725. The Morgan fingerprint density at radius 1 is 0.684 bits per heavy atom. The molecule has 5 nitrogen and oxygen atoms in total. The monoisotopic (exact) mass is 525 g/mol. The summed E-state index contributed by atoms with van der Waals surface area (Å²) in [5.74, 6) is 0. The normalized spacial score (nSPS) is 10.3. The number of benzene rings is 2. The maximum absolute atomic E-state index is 9.01. The molecule has 3 heterocycles. The minimum atomic E-state index is 0.0873. The number of hydrogen-bond acceptors (Lipinski definition) is 6. The molecule has 0 saturated carbocycles. The molecular formula is C31H19N5S2. The number of aromatic nitrogens is 1. The number of aryl methyl sites for hydroxylation is 1. The van der Waals surface area contributed by atoms with Crippen LogP contribution < -0.4 is 0 Å². The number of nitriles is 4. The zero-order chi connectivity index (χ0) is 26.6. The van der Waals surface area contributed by atoms with Gasteiger partial charge in [0.2, 0.25) is 0 Å². The van der Waals surface area contributed by atoms with Gasteiger partial charge in [-0.2, -0.15) is 21.0 Å². The number of rotatable bonds is 6. The summed E-state index contributed by atoms with van der Waals surface area (Å²) in [6, 6.07) is 28.0. The SMILES string of the molecule is CCCn1c2cc(-c3ccc(C=C(C#N)C#N)cc3)sc2c2sc(-c3ccc(C=C(C#N)C#N)cc3)cc21. The van der Waals surface area contributed by atoms with Crippen molar-refractivity contribution in [1.82, 2.24) is 4.57 Å². The van der Waals surface area contributed by atoms with Crippen LogP contribution in [0.15, 0.2) is 71.8 Å². The van der Waals surface area contributed by atoms with Crippen molar-refractivity contribution in [1.29, 1.82) is 21.0 Å². The summed E-state index contributed by atoms with van der Waals surface area (Å²) in [5, 5.41) is 36.0. The molecule has 0 aliphatic rings. The number of fused-ring (bicyclic) bond motifs is 3. The van der Waals surface area contributed by atoms with Crippen molar-refractivity contribution in [3.8, 4) is 45.2 Å². The number of thiophene rings is 2. The highest BCUT2D eigenvalue weighted by Gasteiger charge is 2.18. The first-order valence-corrected chi connectivity index (χ1v) is 13.5. The molecular weight excluding hydrogens is 507 g/mol. The van der Waals surface area contributed by atoms with Crippen LogP contribution in [0.4, 0.5) is 0 Å². The van der Waals surface area contributed by atoms with Crippen LogP contribution in [0.2, 0.25) is 0 Å². The molecule has 0 amide bonds. The molecule has 0 radical (unpaired) electrons. The Balaban J connectivity index is 1.53. The van der Waals surface area contributed by atoms with E-state index in [0.29, 0.717) is 0 Å². The molecule has 5 aromatic rings. The molecule has 0 spiro atoms. The van der Waals surface area contributed by atoms with Crippen LogP contribution in [0.5, 0.6) is 0 Å². The number of hydrogen-bond donors (Lipinski definition) is 0. The Morgan fingerprint density at radius 3 is 1.42 bits per heavy atom. The van der Waals surface area contributed by atoms with Gasteiger partial charge in [0.1, 0.15) is 35.4 Å².